The molecule has 0 saturated heterocycles. The fourth-order valence-electron chi connectivity index (χ4n) is 1.15. The van der Waals surface area contributed by atoms with E-state index in [0.717, 1.165) is 5.69 Å². The van der Waals surface area contributed by atoms with E-state index in [1.807, 2.05) is 6.92 Å². The van der Waals surface area contributed by atoms with Gasteiger partial charge in [-0.05, 0) is 19.1 Å². The Morgan fingerprint density at radius 3 is 2.86 bits per heavy atom. The number of nitrogens with zero attached hydrogens (tertiary/aromatic N) is 3. The van der Waals surface area contributed by atoms with E-state index in [1.54, 1.807) is 12.3 Å². The predicted molar refractivity (Wildman–Crippen MR) is 51.1 cm³/mol. The van der Waals surface area contributed by atoms with Gasteiger partial charge in [0, 0.05) is 18.1 Å². The van der Waals surface area contributed by atoms with E-state index in [4.69, 9.17) is 11.6 Å². The molecule has 0 aliphatic rings. The van der Waals surface area contributed by atoms with Gasteiger partial charge >= 0.3 is 0 Å². The zero-order valence-corrected chi connectivity index (χ0v) is 8.16. The van der Waals surface area contributed by atoms with Crippen molar-refractivity contribution in [1.29, 1.82) is 0 Å². The minimum atomic E-state index is -0.482. The molecule has 72 valence electrons. The molecule has 2 aromatic rings. The lowest BCUT2D eigenvalue weighted by molar-refractivity contribution is 0.598. The van der Waals surface area contributed by atoms with Gasteiger partial charge in [0.1, 0.15) is 0 Å². The van der Waals surface area contributed by atoms with E-state index < -0.39 is 5.82 Å². The first-order chi connectivity index (χ1) is 6.68. The summed E-state index contributed by atoms with van der Waals surface area (Å²) < 4.78 is 14.8. The SMILES string of the molecule is Cc1ccnn1-c1ncc(Cl)cc1F. The predicted octanol–water partition coefficient (Wildman–Crippen LogP) is 2.37. The van der Waals surface area contributed by atoms with Crippen molar-refractivity contribution in [2.24, 2.45) is 0 Å². The van der Waals surface area contributed by atoms with E-state index in [0.29, 0.717) is 0 Å². The second-order valence-corrected chi connectivity index (χ2v) is 3.28. The molecule has 0 amide bonds. The van der Waals surface area contributed by atoms with Crippen molar-refractivity contribution in [2.45, 2.75) is 6.92 Å². The normalized spacial score (nSPS) is 10.5. The minimum Gasteiger partial charge on any atom is -0.233 e. The third-order valence-corrected chi connectivity index (χ3v) is 2.03. The molecule has 0 atom stereocenters. The molecular weight excluding hydrogens is 205 g/mol. The van der Waals surface area contributed by atoms with Crippen LogP contribution in [0.1, 0.15) is 5.69 Å². The van der Waals surface area contributed by atoms with Gasteiger partial charge in [-0.2, -0.15) is 5.10 Å². The van der Waals surface area contributed by atoms with Crippen molar-refractivity contribution < 1.29 is 4.39 Å². The highest BCUT2D eigenvalue weighted by atomic mass is 35.5. The van der Waals surface area contributed by atoms with Gasteiger partial charge in [-0.15, -0.1) is 0 Å². The van der Waals surface area contributed by atoms with Gasteiger partial charge in [0.25, 0.3) is 0 Å². The molecule has 3 nitrogen and oxygen atoms in total. The molecule has 14 heavy (non-hydrogen) atoms. The second kappa shape index (κ2) is 3.38. The summed E-state index contributed by atoms with van der Waals surface area (Å²) in [7, 11) is 0. The number of hydrogen-bond donors (Lipinski definition) is 0. The summed E-state index contributed by atoms with van der Waals surface area (Å²) in [5, 5.41) is 4.22. The fraction of sp³-hybridized carbons (Fsp3) is 0.111. The maximum absolute atomic E-state index is 13.4. The molecule has 0 fully saturated rings. The van der Waals surface area contributed by atoms with Crippen molar-refractivity contribution in [2.75, 3.05) is 0 Å². The molecule has 0 bridgehead atoms. The molecule has 0 saturated carbocycles. The zero-order valence-electron chi connectivity index (χ0n) is 7.41. The van der Waals surface area contributed by atoms with Crippen molar-refractivity contribution in [3.8, 4) is 5.82 Å². The molecule has 2 aromatic heterocycles. The second-order valence-electron chi connectivity index (χ2n) is 2.84. The molecule has 5 heteroatoms. The Morgan fingerprint density at radius 1 is 1.50 bits per heavy atom. The first-order valence-corrected chi connectivity index (χ1v) is 4.38. The number of halogens is 2. The summed E-state index contributed by atoms with van der Waals surface area (Å²) in [4.78, 5) is 3.87. The van der Waals surface area contributed by atoms with Crippen molar-refractivity contribution in [3.05, 3.63) is 41.1 Å². The third kappa shape index (κ3) is 1.48. The van der Waals surface area contributed by atoms with Crippen LogP contribution in [0.25, 0.3) is 5.82 Å². The first kappa shape index (κ1) is 9.15. The van der Waals surface area contributed by atoms with E-state index in [2.05, 4.69) is 10.1 Å². The van der Waals surface area contributed by atoms with Crippen LogP contribution >= 0.6 is 11.6 Å². The van der Waals surface area contributed by atoms with Gasteiger partial charge in [0.05, 0.1) is 5.02 Å². The molecule has 0 aliphatic heterocycles. The van der Waals surface area contributed by atoms with E-state index in [9.17, 15) is 4.39 Å². The van der Waals surface area contributed by atoms with E-state index in [-0.39, 0.29) is 10.8 Å². The van der Waals surface area contributed by atoms with Gasteiger partial charge in [-0.1, -0.05) is 11.6 Å². The molecular formula is C9H7ClFN3. The number of aryl methyl sites for hydroxylation is 1. The summed E-state index contributed by atoms with van der Waals surface area (Å²) in [5.74, 6) is -0.318. The van der Waals surface area contributed by atoms with Gasteiger partial charge < -0.3 is 0 Å². The number of aromatic nitrogens is 3. The molecule has 0 aliphatic carbocycles. The smallest absolute Gasteiger partial charge is 0.190 e. The average molecular weight is 212 g/mol. The molecule has 2 rings (SSSR count). The first-order valence-electron chi connectivity index (χ1n) is 4.00. The Morgan fingerprint density at radius 2 is 2.29 bits per heavy atom. The van der Waals surface area contributed by atoms with Crippen LogP contribution in [-0.4, -0.2) is 14.8 Å². The standard InChI is InChI=1S/C9H7ClFN3/c1-6-2-3-13-14(6)9-8(11)4-7(10)5-12-9/h2-5H,1H3. The maximum Gasteiger partial charge on any atom is 0.190 e. The lowest BCUT2D eigenvalue weighted by Crippen LogP contribution is -2.04. The quantitative estimate of drug-likeness (QED) is 0.725. The van der Waals surface area contributed by atoms with Crippen LogP contribution in [-0.2, 0) is 0 Å². The highest BCUT2D eigenvalue weighted by Crippen LogP contribution is 2.15. The van der Waals surface area contributed by atoms with Gasteiger partial charge in [-0.25, -0.2) is 14.1 Å². The monoisotopic (exact) mass is 211 g/mol. The lowest BCUT2D eigenvalue weighted by atomic mass is 10.4. The lowest BCUT2D eigenvalue weighted by Gasteiger charge is -2.03. The Balaban J connectivity index is 2.58. The van der Waals surface area contributed by atoms with Crippen molar-refractivity contribution in [1.82, 2.24) is 14.8 Å². The summed E-state index contributed by atoms with van der Waals surface area (Å²) in [6, 6.07) is 2.99. The average Bonchev–Trinajstić information content (AvgIpc) is 2.52. The Hall–Kier alpha value is -1.42. The summed E-state index contributed by atoms with van der Waals surface area (Å²) in [6.07, 6.45) is 2.98. The summed E-state index contributed by atoms with van der Waals surface area (Å²) in [6.45, 7) is 1.82. The highest BCUT2D eigenvalue weighted by molar-refractivity contribution is 6.30. The van der Waals surface area contributed by atoms with Crippen molar-refractivity contribution in [3.63, 3.8) is 0 Å². The van der Waals surface area contributed by atoms with Crippen molar-refractivity contribution >= 4 is 11.6 Å². The number of hydrogen-bond acceptors (Lipinski definition) is 2. The molecule has 0 aromatic carbocycles. The molecule has 0 unspecified atom stereocenters. The van der Waals surface area contributed by atoms with E-state index in [1.165, 1.54) is 16.9 Å². The van der Waals surface area contributed by atoms with Crippen LogP contribution in [0.5, 0.6) is 0 Å². The minimum absolute atomic E-state index is 0.164. The van der Waals surface area contributed by atoms with E-state index >= 15 is 0 Å². The van der Waals surface area contributed by atoms with Gasteiger partial charge in [-0.3, -0.25) is 0 Å². The number of pyridine rings is 1. The maximum atomic E-state index is 13.4. The molecule has 0 radical (unpaired) electrons. The number of rotatable bonds is 1. The molecule has 2 heterocycles. The van der Waals surface area contributed by atoms with Crippen LogP contribution in [0.4, 0.5) is 4.39 Å². The van der Waals surface area contributed by atoms with Crippen LogP contribution in [0.2, 0.25) is 5.02 Å². The van der Waals surface area contributed by atoms with Crippen LogP contribution in [0.15, 0.2) is 24.5 Å². The Bertz CT molecular complexity index is 467. The van der Waals surface area contributed by atoms with Gasteiger partial charge in [0.2, 0.25) is 0 Å². The van der Waals surface area contributed by atoms with Gasteiger partial charge in [0.15, 0.2) is 11.6 Å². The topological polar surface area (TPSA) is 30.7 Å². The summed E-state index contributed by atoms with van der Waals surface area (Å²) in [5.41, 5.74) is 0.818. The molecule has 0 N–H and O–H groups in total. The Labute approximate surface area is 85.1 Å². The summed E-state index contributed by atoms with van der Waals surface area (Å²) >= 11 is 5.59. The van der Waals surface area contributed by atoms with Crippen LogP contribution in [0, 0.1) is 12.7 Å². The third-order valence-electron chi connectivity index (χ3n) is 1.82. The molecule has 0 spiro atoms. The Kier molecular flexibility index (Phi) is 2.21. The largest absolute Gasteiger partial charge is 0.233 e. The fourth-order valence-corrected chi connectivity index (χ4v) is 1.30. The van der Waals surface area contributed by atoms with Crippen LogP contribution < -0.4 is 0 Å². The highest BCUT2D eigenvalue weighted by Gasteiger charge is 2.08. The van der Waals surface area contributed by atoms with Crippen LogP contribution in [0.3, 0.4) is 0 Å². The zero-order chi connectivity index (χ0) is 10.1.